The van der Waals surface area contributed by atoms with Gasteiger partial charge in [0.1, 0.15) is 0 Å². The molecule has 7 heteroatoms. The third-order valence-corrected chi connectivity index (χ3v) is 5.45. The van der Waals surface area contributed by atoms with Crippen LogP contribution in [0.3, 0.4) is 0 Å². The van der Waals surface area contributed by atoms with Gasteiger partial charge in [0, 0.05) is 36.1 Å². The Bertz CT molecular complexity index is 927. The Balaban J connectivity index is 1.32. The topological polar surface area (TPSA) is 90.5 Å². The summed E-state index contributed by atoms with van der Waals surface area (Å²) in [5.41, 5.74) is 1.89. The van der Waals surface area contributed by atoms with Gasteiger partial charge in [0.05, 0.1) is 5.92 Å². The number of hydrogen-bond donors (Lipinski definition) is 3. The van der Waals surface area contributed by atoms with Crippen molar-refractivity contribution < 1.29 is 14.4 Å². The molecule has 1 atom stereocenters. The van der Waals surface area contributed by atoms with Crippen LogP contribution in [0.5, 0.6) is 0 Å². The average molecular weight is 406 g/mol. The Labute approximate surface area is 175 Å². The van der Waals surface area contributed by atoms with Crippen LogP contribution in [0.15, 0.2) is 54.6 Å². The summed E-state index contributed by atoms with van der Waals surface area (Å²) in [5, 5.41) is 8.46. The highest BCUT2D eigenvalue weighted by Crippen LogP contribution is 2.32. The number of amides is 4. The second kappa shape index (κ2) is 8.98. The van der Waals surface area contributed by atoms with E-state index in [2.05, 4.69) is 16.0 Å². The molecule has 0 radical (unpaired) electrons. The van der Waals surface area contributed by atoms with Gasteiger partial charge >= 0.3 is 6.03 Å². The molecule has 1 aliphatic heterocycles. The number of carbonyl (C=O) groups is 3. The Hall–Kier alpha value is -3.35. The molecule has 3 N–H and O–H groups in total. The van der Waals surface area contributed by atoms with Crippen LogP contribution in [0, 0.1) is 11.8 Å². The number of nitrogens with zero attached hydrogens (tertiary/aromatic N) is 1. The molecule has 1 heterocycles. The first-order valence-corrected chi connectivity index (χ1v) is 10.4. The smallest absolute Gasteiger partial charge is 0.323 e. The fourth-order valence-electron chi connectivity index (χ4n) is 3.71. The van der Waals surface area contributed by atoms with E-state index in [0.29, 0.717) is 23.6 Å². The van der Waals surface area contributed by atoms with E-state index in [1.807, 2.05) is 23.1 Å². The lowest BCUT2D eigenvalue weighted by molar-refractivity contribution is -0.135. The number of urea groups is 1. The third-order valence-electron chi connectivity index (χ3n) is 5.45. The highest BCUT2D eigenvalue weighted by Gasteiger charge is 2.36. The first kappa shape index (κ1) is 19.9. The zero-order chi connectivity index (χ0) is 20.9. The van der Waals surface area contributed by atoms with Gasteiger partial charge in [0.15, 0.2) is 0 Å². The van der Waals surface area contributed by atoms with E-state index < -0.39 is 0 Å². The maximum atomic E-state index is 12.7. The SMILES string of the molecule is O=C(Nc1ccccc1)Nc1cccc(NC(=O)C2CCCN(C(=O)C3CC3)C2)c1. The summed E-state index contributed by atoms with van der Waals surface area (Å²) in [6.07, 6.45) is 3.57. The summed E-state index contributed by atoms with van der Waals surface area (Å²) in [4.78, 5) is 39.1. The predicted octanol–water partition coefficient (Wildman–Crippen LogP) is 3.92. The molecule has 7 nitrogen and oxygen atoms in total. The van der Waals surface area contributed by atoms with Gasteiger partial charge in [-0.3, -0.25) is 9.59 Å². The first-order valence-electron chi connectivity index (χ1n) is 10.4. The molecule has 156 valence electrons. The Morgan fingerprint density at radius 1 is 0.767 bits per heavy atom. The van der Waals surface area contributed by atoms with E-state index in [-0.39, 0.29) is 29.7 Å². The van der Waals surface area contributed by atoms with Crippen LogP contribution >= 0.6 is 0 Å². The number of piperidine rings is 1. The lowest BCUT2D eigenvalue weighted by Gasteiger charge is -2.32. The first-order chi connectivity index (χ1) is 14.6. The van der Waals surface area contributed by atoms with E-state index in [1.165, 1.54) is 0 Å². The van der Waals surface area contributed by atoms with Gasteiger partial charge in [0.25, 0.3) is 0 Å². The van der Waals surface area contributed by atoms with Crippen molar-refractivity contribution in [2.45, 2.75) is 25.7 Å². The number of anilines is 3. The van der Waals surface area contributed by atoms with Crippen molar-refractivity contribution in [3.8, 4) is 0 Å². The number of rotatable bonds is 5. The van der Waals surface area contributed by atoms with Gasteiger partial charge in [-0.1, -0.05) is 24.3 Å². The van der Waals surface area contributed by atoms with E-state index in [4.69, 9.17) is 0 Å². The molecule has 4 amide bonds. The lowest BCUT2D eigenvalue weighted by Crippen LogP contribution is -2.44. The summed E-state index contributed by atoms with van der Waals surface area (Å²) in [5.74, 6) is 0.0772. The van der Waals surface area contributed by atoms with Gasteiger partial charge in [-0.05, 0) is 56.0 Å². The van der Waals surface area contributed by atoms with E-state index >= 15 is 0 Å². The zero-order valence-electron chi connectivity index (χ0n) is 16.8. The quantitative estimate of drug-likeness (QED) is 0.703. The standard InChI is InChI=1S/C23H26N4O3/c28-21(17-6-5-13-27(15-17)22(29)16-11-12-16)24-19-9-4-10-20(14-19)26-23(30)25-18-7-2-1-3-8-18/h1-4,7-10,14,16-17H,5-6,11-13,15H2,(H,24,28)(H2,25,26,30). The summed E-state index contributed by atoms with van der Waals surface area (Å²) >= 11 is 0. The molecular weight excluding hydrogens is 380 g/mol. The number of hydrogen-bond acceptors (Lipinski definition) is 3. The fourth-order valence-corrected chi connectivity index (χ4v) is 3.71. The van der Waals surface area contributed by atoms with Crippen molar-refractivity contribution in [3.63, 3.8) is 0 Å². The molecule has 1 unspecified atom stereocenters. The minimum Gasteiger partial charge on any atom is -0.342 e. The second-order valence-electron chi connectivity index (χ2n) is 7.91. The minimum absolute atomic E-state index is 0.0887. The largest absolute Gasteiger partial charge is 0.342 e. The van der Waals surface area contributed by atoms with Crippen molar-refractivity contribution in [1.82, 2.24) is 4.90 Å². The number of carbonyl (C=O) groups excluding carboxylic acids is 3. The van der Waals surface area contributed by atoms with Crippen molar-refractivity contribution in [2.75, 3.05) is 29.0 Å². The van der Waals surface area contributed by atoms with Crippen LogP contribution in [0.1, 0.15) is 25.7 Å². The molecule has 1 saturated heterocycles. The van der Waals surface area contributed by atoms with Gasteiger partial charge in [-0.25, -0.2) is 4.79 Å². The summed E-state index contributed by atoms with van der Waals surface area (Å²) in [7, 11) is 0. The van der Waals surface area contributed by atoms with E-state index in [9.17, 15) is 14.4 Å². The van der Waals surface area contributed by atoms with Crippen LogP contribution in [-0.2, 0) is 9.59 Å². The second-order valence-corrected chi connectivity index (χ2v) is 7.91. The van der Waals surface area contributed by atoms with Crippen LogP contribution in [0.2, 0.25) is 0 Å². The Kier molecular flexibility index (Phi) is 5.97. The predicted molar refractivity (Wildman–Crippen MR) is 116 cm³/mol. The molecular formula is C23H26N4O3. The normalized spacial score (nSPS) is 18.4. The molecule has 2 aliphatic rings. The minimum atomic E-state index is -0.355. The molecule has 0 spiro atoms. The molecule has 2 fully saturated rings. The maximum absolute atomic E-state index is 12.7. The molecule has 1 aliphatic carbocycles. The molecule has 1 saturated carbocycles. The highest BCUT2D eigenvalue weighted by atomic mass is 16.2. The summed E-state index contributed by atoms with van der Waals surface area (Å²) in [6.45, 7) is 1.23. The zero-order valence-corrected chi connectivity index (χ0v) is 16.8. The molecule has 4 rings (SSSR count). The van der Waals surface area contributed by atoms with Gasteiger partial charge in [-0.2, -0.15) is 0 Å². The summed E-state index contributed by atoms with van der Waals surface area (Å²) < 4.78 is 0. The third kappa shape index (κ3) is 5.17. The molecule has 0 aromatic heterocycles. The van der Waals surface area contributed by atoms with E-state index in [1.54, 1.807) is 36.4 Å². The number of nitrogens with one attached hydrogen (secondary N) is 3. The highest BCUT2D eigenvalue weighted by molar-refractivity contribution is 6.00. The van der Waals surface area contributed by atoms with Crippen LogP contribution in [0.25, 0.3) is 0 Å². The monoisotopic (exact) mass is 406 g/mol. The van der Waals surface area contributed by atoms with Crippen molar-refractivity contribution in [1.29, 1.82) is 0 Å². The van der Waals surface area contributed by atoms with Gasteiger partial charge in [-0.15, -0.1) is 0 Å². The maximum Gasteiger partial charge on any atom is 0.323 e. The van der Waals surface area contributed by atoms with Gasteiger partial charge in [0.2, 0.25) is 11.8 Å². The average Bonchev–Trinajstić information content (AvgIpc) is 3.59. The molecule has 0 bridgehead atoms. The fraction of sp³-hybridized carbons (Fsp3) is 0.348. The van der Waals surface area contributed by atoms with E-state index in [0.717, 1.165) is 32.2 Å². The number of benzene rings is 2. The van der Waals surface area contributed by atoms with Gasteiger partial charge < -0.3 is 20.9 Å². The molecule has 2 aromatic carbocycles. The Morgan fingerprint density at radius 2 is 1.43 bits per heavy atom. The number of likely N-dealkylation sites (tertiary alicyclic amines) is 1. The Morgan fingerprint density at radius 3 is 2.17 bits per heavy atom. The lowest BCUT2D eigenvalue weighted by atomic mass is 9.96. The van der Waals surface area contributed by atoms with Crippen LogP contribution in [0.4, 0.5) is 21.9 Å². The number of para-hydroxylation sites is 1. The van der Waals surface area contributed by atoms with Crippen molar-refractivity contribution in [3.05, 3.63) is 54.6 Å². The van der Waals surface area contributed by atoms with Crippen molar-refractivity contribution in [2.24, 2.45) is 11.8 Å². The molecule has 2 aromatic rings. The van der Waals surface area contributed by atoms with Crippen LogP contribution in [-0.4, -0.2) is 35.8 Å². The molecule has 30 heavy (non-hydrogen) atoms. The van der Waals surface area contributed by atoms with Crippen LogP contribution < -0.4 is 16.0 Å². The van der Waals surface area contributed by atoms with Crippen molar-refractivity contribution >= 4 is 34.9 Å². The summed E-state index contributed by atoms with van der Waals surface area (Å²) in [6, 6.07) is 15.9.